The van der Waals surface area contributed by atoms with Crippen molar-refractivity contribution in [1.82, 2.24) is 0 Å². The number of rotatable bonds is 4. The van der Waals surface area contributed by atoms with E-state index in [-0.39, 0.29) is 0 Å². The summed E-state index contributed by atoms with van der Waals surface area (Å²) in [4.78, 5) is 1.60. The summed E-state index contributed by atoms with van der Waals surface area (Å²) in [5, 5.41) is 2.47. The van der Waals surface area contributed by atoms with E-state index in [1.54, 1.807) is 4.90 Å². The van der Waals surface area contributed by atoms with Crippen molar-refractivity contribution in [2.45, 2.75) is 24.9 Å². The molecule has 0 bridgehead atoms. The SMILES string of the molecule is c1ccc([NH2+][C@H]2CC[NH+](c3ccccc3)[C@@H](c3ccccc3)C2)cc1. The van der Waals surface area contributed by atoms with Gasteiger partial charge in [-0.25, -0.2) is 0 Å². The molecule has 0 aliphatic carbocycles. The van der Waals surface area contributed by atoms with Crippen LogP contribution in [0.1, 0.15) is 24.4 Å². The van der Waals surface area contributed by atoms with Crippen molar-refractivity contribution < 1.29 is 10.2 Å². The van der Waals surface area contributed by atoms with Crippen molar-refractivity contribution in [2.24, 2.45) is 0 Å². The molecular formula is C23H26N2+2. The zero-order valence-electron chi connectivity index (χ0n) is 14.5. The minimum absolute atomic E-state index is 0.516. The molecule has 0 spiro atoms. The van der Waals surface area contributed by atoms with Gasteiger partial charge in [-0.1, -0.05) is 66.7 Å². The van der Waals surface area contributed by atoms with E-state index in [0.29, 0.717) is 12.1 Å². The Labute approximate surface area is 150 Å². The lowest BCUT2D eigenvalue weighted by atomic mass is 9.91. The Morgan fingerprint density at radius 1 is 0.720 bits per heavy atom. The van der Waals surface area contributed by atoms with E-state index in [1.807, 2.05) is 0 Å². The lowest BCUT2D eigenvalue weighted by Gasteiger charge is -2.35. The third-order valence-electron chi connectivity index (χ3n) is 5.32. The summed E-state index contributed by atoms with van der Waals surface area (Å²) in [6.45, 7) is 1.18. The zero-order chi connectivity index (χ0) is 16.9. The minimum Gasteiger partial charge on any atom is -0.311 e. The van der Waals surface area contributed by atoms with Gasteiger partial charge in [-0.15, -0.1) is 0 Å². The molecule has 1 fully saturated rings. The Hall–Kier alpha value is -2.42. The molecule has 126 valence electrons. The van der Waals surface area contributed by atoms with Gasteiger partial charge in [0, 0.05) is 12.0 Å². The highest BCUT2D eigenvalue weighted by Crippen LogP contribution is 2.21. The molecule has 0 aromatic heterocycles. The average molecular weight is 330 g/mol. The highest BCUT2D eigenvalue weighted by Gasteiger charge is 2.36. The first kappa shape index (κ1) is 16.1. The second-order valence-corrected chi connectivity index (χ2v) is 6.97. The predicted molar refractivity (Wildman–Crippen MR) is 102 cm³/mol. The fraction of sp³-hybridized carbons (Fsp3) is 0.217. The third kappa shape index (κ3) is 3.81. The highest BCUT2D eigenvalue weighted by molar-refractivity contribution is 5.30. The number of piperidine rings is 1. The summed E-state index contributed by atoms with van der Waals surface area (Å²) in [5.74, 6) is 0. The molecule has 3 atom stereocenters. The molecule has 25 heavy (non-hydrogen) atoms. The molecule has 0 radical (unpaired) electrons. The number of para-hydroxylation sites is 2. The van der Waals surface area contributed by atoms with Crippen molar-refractivity contribution in [3.05, 3.63) is 96.6 Å². The summed E-state index contributed by atoms with van der Waals surface area (Å²) in [5.41, 5.74) is 4.21. The maximum Gasteiger partial charge on any atom is 0.131 e. The van der Waals surface area contributed by atoms with E-state index in [4.69, 9.17) is 0 Å². The van der Waals surface area contributed by atoms with Crippen LogP contribution in [0.4, 0.5) is 11.4 Å². The fourth-order valence-corrected chi connectivity index (χ4v) is 4.09. The maximum absolute atomic E-state index is 2.47. The Balaban J connectivity index is 1.58. The quantitative estimate of drug-likeness (QED) is 0.686. The summed E-state index contributed by atoms with van der Waals surface area (Å²) >= 11 is 0. The van der Waals surface area contributed by atoms with E-state index < -0.39 is 0 Å². The zero-order valence-corrected chi connectivity index (χ0v) is 14.5. The van der Waals surface area contributed by atoms with Gasteiger partial charge in [-0.3, -0.25) is 4.90 Å². The molecule has 1 saturated heterocycles. The van der Waals surface area contributed by atoms with Crippen LogP contribution in [0.3, 0.4) is 0 Å². The van der Waals surface area contributed by atoms with Gasteiger partial charge in [-0.2, -0.15) is 0 Å². The Bertz CT molecular complexity index is 771. The van der Waals surface area contributed by atoms with Gasteiger partial charge >= 0.3 is 0 Å². The van der Waals surface area contributed by atoms with Crippen LogP contribution >= 0.6 is 0 Å². The van der Waals surface area contributed by atoms with Crippen molar-refractivity contribution in [3.63, 3.8) is 0 Å². The summed E-state index contributed by atoms with van der Waals surface area (Å²) < 4.78 is 0. The molecule has 1 heterocycles. The number of nitrogens with two attached hydrogens (primary N) is 1. The lowest BCUT2D eigenvalue weighted by Crippen LogP contribution is -3.10. The van der Waals surface area contributed by atoms with Crippen molar-refractivity contribution >= 4 is 11.4 Å². The van der Waals surface area contributed by atoms with E-state index in [1.165, 1.54) is 36.3 Å². The number of nitrogens with one attached hydrogen (secondary N) is 1. The van der Waals surface area contributed by atoms with Gasteiger partial charge < -0.3 is 5.32 Å². The number of hydrogen-bond donors (Lipinski definition) is 2. The highest BCUT2D eigenvalue weighted by atomic mass is 15.2. The first-order valence-electron chi connectivity index (χ1n) is 9.26. The summed E-state index contributed by atoms with van der Waals surface area (Å²) in [6.07, 6.45) is 2.44. The van der Waals surface area contributed by atoms with Crippen molar-refractivity contribution in [3.8, 4) is 0 Å². The fourth-order valence-electron chi connectivity index (χ4n) is 4.09. The normalized spacial score (nSPS) is 23.3. The third-order valence-corrected chi connectivity index (χ3v) is 5.32. The minimum atomic E-state index is 0.516. The largest absolute Gasteiger partial charge is 0.311 e. The van der Waals surface area contributed by atoms with Crippen LogP contribution in [0.25, 0.3) is 0 Å². The lowest BCUT2D eigenvalue weighted by molar-refractivity contribution is -0.882. The van der Waals surface area contributed by atoms with Gasteiger partial charge in [0.15, 0.2) is 0 Å². The summed E-state index contributed by atoms with van der Waals surface area (Å²) in [7, 11) is 0. The van der Waals surface area contributed by atoms with Gasteiger partial charge in [0.2, 0.25) is 0 Å². The Morgan fingerprint density at radius 3 is 2.00 bits per heavy atom. The van der Waals surface area contributed by atoms with E-state index in [9.17, 15) is 0 Å². The van der Waals surface area contributed by atoms with Crippen LogP contribution in [-0.2, 0) is 0 Å². The Kier molecular flexibility index (Phi) is 4.91. The van der Waals surface area contributed by atoms with E-state index >= 15 is 0 Å². The topological polar surface area (TPSA) is 21.1 Å². The standard InChI is InChI=1S/C23H24N2/c1-4-10-19(11-5-1)23-18-21(24-20-12-6-2-7-13-20)16-17-25(23)22-14-8-3-9-15-22/h1-15,21,23-24H,16-18H2/p+2/t21-,23+/m0/s1. The van der Waals surface area contributed by atoms with Crippen LogP contribution in [0.2, 0.25) is 0 Å². The van der Waals surface area contributed by atoms with Crippen LogP contribution in [0.15, 0.2) is 91.0 Å². The molecule has 0 amide bonds. The molecule has 0 saturated carbocycles. The first-order valence-corrected chi connectivity index (χ1v) is 9.26. The van der Waals surface area contributed by atoms with Crippen molar-refractivity contribution in [1.29, 1.82) is 0 Å². The monoisotopic (exact) mass is 330 g/mol. The van der Waals surface area contributed by atoms with Crippen LogP contribution in [0.5, 0.6) is 0 Å². The van der Waals surface area contributed by atoms with Crippen molar-refractivity contribution in [2.75, 3.05) is 6.54 Å². The maximum atomic E-state index is 2.47. The molecule has 1 unspecified atom stereocenters. The van der Waals surface area contributed by atoms with Gasteiger partial charge in [0.1, 0.15) is 23.5 Å². The summed E-state index contributed by atoms with van der Waals surface area (Å²) in [6, 6.07) is 33.9. The second-order valence-electron chi connectivity index (χ2n) is 6.97. The van der Waals surface area contributed by atoms with Crippen LogP contribution in [-0.4, -0.2) is 12.6 Å². The van der Waals surface area contributed by atoms with Gasteiger partial charge in [-0.05, 0) is 24.3 Å². The number of quaternary nitrogens is 2. The van der Waals surface area contributed by atoms with Crippen LogP contribution in [0, 0.1) is 0 Å². The Morgan fingerprint density at radius 2 is 1.32 bits per heavy atom. The smallest absolute Gasteiger partial charge is 0.131 e. The molecular weight excluding hydrogens is 304 g/mol. The van der Waals surface area contributed by atoms with Gasteiger partial charge in [0.05, 0.1) is 13.0 Å². The number of hydrogen-bond acceptors (Lipinski definition) is 0. The first-order chi connectivity index (χ1) is 12.4. The predicted octanol–water partition coefficient (Wildman–Crippen LogP) is 3.00. The molecule has 3 aromatic rings. The van der Waals surface area contributed by atoms with E-state index in [2.05, 4.69) is 96.3 Å². The second kappa shape index (κ2) is 7.64. The number of benzene rings is 3. The van der Waals surface area contributed by atoms with Gasteiger partial charge in [0.25, 0.3) is 0 Å². The molecule has 3 aromatic carbocycles. The molecule has 3 N–H and O–H groups in total. The molecule has 2 nitrogen and oxygen atoms in total. The van der Waals surface area contributed by atoms with Crippen LogP contribution < -0.4 is 10.2 Å². The molecule has 4 rings (SSSR count). The molecule has 1 aliphatic heterocycles. The molecule has 1 aliphatic rings. The van der Waals surface area contributed by atoms with E-state index in [0.717, 1.165) is 0 Å². The molecule has 2 heteroatoms. The average Bonchev–Trinajstić information content (AvgIpc) is 2.70.